The Balaban J connectivity index is 1.65. The molecule has 1 aromatic carbocycles. The van der Waals surface area contributed by atoms with Gasteiger partial charge in [-0.1, -0.05) is 18.2 Å². The highest BCUT2D eigenvalue weighted by Crippen LogP contribution is 2.19. The largest absolute Gasteiger partial charge is 0.366 e. The first-order valence-electron chi connectivity index (χ1n) is 6.82. The zero-order valence-corrected chi connectivity index (χ0v) is 11.3. The number of nitrogens with one attached hydrogen (secondary N) is 2. The van der Waals surface area contributed by atoms with E-state index in [1.165, 1.54) is 12.4 Å². The van der Waals surface area contributed by atoms with Crippen LogP contribution in [-0.2, 0) is 6.54 Å². The van der Waals surface area contributed by atoms with Gasteiger partial charge < -0.3 is 10.6 Å². The second kappa shape index (κ2) is 5.87. The summed E-state index contributed by atoms with van der Waals surface area (Å²) in [6, 6.07) is 8.37. The second-order valence-electron chi connectivity index (χ2n) is 4.98. The highest BCUT2D eigenvalue weighted by Gasteiger charge is 2.24. The van der Waals surface area contributed by atoms with Crippen LogP contribution in [0, 0.1) is 5.82 Å². The molecule has 0 spiro atoms. The first kappa shape index (κ1) is 13.5. The molecule has 1 aliphatic rings. The molecular weight excluding hydrogens is 271 g/mol. The lowest BCUT2D eigenvalue weighted by Crippen LogP contribution is -2.26. The zero-order chi connectivity index (χ0) is 14.7. The molecule has 1 amide bonds. The number of anilines is 1. The van der Waals surface area contributed by atoms with E-state index >= 15 is 0 Å². The Bertz CT molecular complexity index is 658. The SMILES string of the molecule is O=C(NC1CC1)c1cc(NCc2ccccc2F)ncn1. The van der Waals surface area contributed by atoms with Crippen molar-refractivity contribution < 1.29 is 9.18 Å². The minimum absolute atomic E-state index is 0.200. The summed E-state index contributed by atoms with van der Waals surface area (Å²) in [5.41, 5.74) is 0.855. The van der Waals surface area contributed by atoms with Crippen molar-refractivity contribution >= 4 is 11.7 Å². The topological polar surface area (TPSA) is 66.9 Å². The number of amides is 1. The molecule has 0 aliphatic heterocycles. The van der Waals surface area contributed by atoms with Gasteiger partial charge in [-0.25, -0.2) is 14.4 Å². The van der Waals surface area contributed by atoms with E-state index in [1.807, 2.05) is 0 Å². The molecule has 5 nitrogen and oxygen atoms in total. The Labute approximate surface area is 121 Å². The molecule has 2 aromatic rings. The lowest BCUT2D eigenvalue weighted by atomic mass is 10.2. The molecule has 2 N–H and O–H groups in total. The maximum Gasteiger partial charge on any atom is 0.270 e. The minimum Gasteiger partial charge on any atom is -0.366 e. The van der Waals surface area contributed by atoms with Gasteiger partial charge in [-0.05, 0) is 18.9 Å². The highest BCUT2D eigenvalue weighted by atomic mass is 19.1. The van der Waals surface area contributed by atoms with Crippen LogP contribution in [0.4, 0.5) is 10.2 Å². The smallest absolute Gasteiger partial charge is 0.270 e. The Morgan fingerprint density at radius 2 is 2.10 bits per heavy atom. The van der Waals surface area contributed by atoms with Crippen molar-refractivity contribution in [2.24, 2.45) is 0 Å². The fourth-order valence-electron chi connectivity index (χ4n) is 1.89. The van der Waals surface area contributed by atoms with E-state index in [-0.39, 0.29) is 17.8 Å². The summed E-state index contributed by atoms with van der Waals surface area (Å²) in [6.45, 7) is 0.299. The molecule has 1 heterocycles. The van der Waals surface area contributed by atoms with Crippen LogP contribution < -0.4 is 10.6 Å². The van der Waals surface area contributed by atoms with E-state index in [0.717, 1.165) is 12.8 Å². The normalized spacial score (nSPS) is 13.8. The first-order valence-corrected chi connectivity index (χ1v) is 6.82. The van der Waals surface area contributed by atoms with E-state index in [0.29, 0.717) is 23.6 Å². The molecule has 0 radical (unpaired) electrons. The lowest BCUT2D eigenvalue weighted by Gasteiger charge is -2.08. The third-order valence-corrected chi connectivity index (χ3v) is 3.23. The summed E-state index contributed by atoms with van der Waals surface area (Å²) in [5.74, 6) is 0.0220. The fraction of sp³-hybridized carbons (Fsp3) is 0.267. The van der Waals surface area contributed by atoms with Crippen LogP contribution in [-0.4, -0.2) is 21.9 Å². The number of nitrogens with zero attached hydrogens (tertiary/aromatic N) is 2. The number of carbonyl (C=O) groups is 1. The van der Waals surface area contributed by atoms with Crippen LogP contribution in [0.1, 0.15) is 28.9 Å². The first-order chi connectivity index (χ1) is 10.2. The van der Waals surface area contributed by atoms with Crippen LogP contribution in [0.2, 0.25) is 0 Å². The van der Waals surface area contributed by atoms with Crippen molar-refractivity contribution in [3.05, 3.63) is 53.7 Å². The van der Waals surface area contributed by atoms with Crippen molar-refractivity contribution in [2.45, 2.75) is 25.4 Å². The summed E-state index contributed by atoms with van der Waals surface area (Å²) < 4.78 is 13.5. The Kier molecular flexibility index (Phi) is 3.77. The van der Waals surface area contributed by atoms with E-state index < -0.39 is 0 Å². The number of carbonyl (C=O) groups excluding carboxylic acids is 1. The average Bonchev–Trinajstić information content (AvgIpc) is 3.31. The summed E-state index contributed by atoms with van der Waals surface area (Å²) in [4.78, 5) is 19.9. The van der Waals surface area contributed by atoms with Crippen molar-refractivity contribution in [3.8, 4) is 0 Å². The van der Waals surface area contributed by atoms with Gasteiger partial charge >= 0.3 is 0 Å². The number of aromatic nitrogens is 2. The Hall–Kier alpha value is -2.50. The number of halogens is 1. The quantitative estimate of drug-likeness (QED) is 0.883. The van der Waals surface area contributed by atoms with Crippen molar-refractivity contribution in [1.29, 1.82) is 0 Å². The number of hydrogen-bond donors (Lipinski definition) is 2. The van der Waals surface area contributed by atoms with Crippen molar-refractivity contribution in [2.75, 3.05) is 5.32 Å². The molecule has 6 heteroatoms. The average molecular weight is 286 g/mol. The predicted octanol–water partition coefficient (Wildman–Crippen LogP) is 2.12. The van der Waals surface area contributed by atoms with Crippen LogP contribution in [0.3, 0.4) is 0 Å². The van der Waals surface area contributed by atoms with Gasteiger partial charge in [0.05, 0.1) is 0 Å². The van der Waals surface area contributed by atoms with Crippen LogP contribution in [0.15, 0.2) is 36.7 Å². The standard InChI is InChI=1S/C15H15FN4O/c16-12-4-2-1-3-10(12)8-17-14-7-13(18-9-19-14)15(21)20-11-5-6-11/h1-4,7,9,11H,5-6,8H2,(H,20,21)(H,17,18,19). The monoisotopic (exact) mass is 286 g/mol. The van der Waals surface area contributed by atoms with Gasteiger partial charge in [-0.15, -0.1) is 0 Å². The third kappa shape index (κ3) is 3.53. The van der Waals surface area contributed by atoms with E-state index in [1.54, 1.807) is 24.3 Å². The molecule has 108 valence electrons. The molecule has 3 rings (SSSR count). The molecule has 21 heavy (non-hydrogen) atoms. The van der Waals surface area contributed by atoms with Crippen LogP contribution in [0.5, 0.6) is 0 Å². The van der Waals surface area contributed by atoms with Crippen LogP contribution in [0.25, 0.3) is 0 Å². The van der Waals surface area contributed by atoms with E-state index in [2.05, 4.69) is 20.6 Å². The molecule has 1 aliphatic carbocycles. The molecule has 0 saturated heterocycles. The van der Waals surface area contributed by atoms with Crippen molar-refractivity contribution in [1.82, 2.24) is 15.3 Å². The van der Waals surface area contributed by atoms with Gasteiger partial charge in [0.2, 0.25) is 0 Å². The van der Waals surface area contributed by atoms with Crippen molar-refractivity contribution in [3.63, 3.8) is 0 Å². The molecule has 0 atom stereocenters. The van der Waals surface area contributed by atoms with Gasteiger partial charge in [0, 0.05) is 24.2 Å². The predicted molar refractivity (Wildman–Crippen MR) is 76.2 cm³/mol. The number of hydrogen-bond acceptors (Lipinski definition) is 4. The maximum atomic E-state index is 13.5. The summed E-state index contributed by atoms with van der Waals surface area (Å²) in [6.07, 6.45) is 3.37. The zero-order valence-electron chi connectivity index (χ0n) is 11.3. The van der Waals surface area contributed by atoms with Gasteiger partial charge in [0.1, 0.15) is 23.7 Å². The summed E-state index contributed by atoms with van der Waals surface area (Å²) >= 11 is 0. The number of benzene rings is 1. The second-order valence-corrected chi connectivity index (χ2v) is 4.98. The summed E-state index contributed by atoms with van der Waals surface area (Å²) in [7, 11) is 0. The molecular formula is C15H15FN4O. The molecule has 0 bridgehead atoms. The lowest BCUT2D eigenvalue weighted by molar-refractivity contribution is 0.0946. The molecule has 1 saturated carbocycles. The van der Waals surface area contributed by atoms with E-state index in [9.17, 15) is 9.18 Å². The van der Waals surface area contributed by atoms with Gasteiger partial charge in [-0.2, -0.15) is 0 Å². The Morgan fingerprint density at radius 1 is 1.29 bits per heavy atom. The maximum absolute atomic E-state index is 13.5. The minimum atomic E-state index is -0.272. The van der Waals surface area contributed by atoms with Gasteiger partial charge in [-0.3, -0.25) is 4.79 Å². The fourth-order valence-corrected chi connectivity index (χ4v) is 1.89. The Morgan fingerprint density at radius 3 is 2.86 bits per heavy atom. The third-order valence-electron chi connectivity index (χ3n) is 3.23. The van der Waals surface area contributed by atoms with Gasteiger partial charge in [0.15, 0.2) is 0 Å². The van der Waals surface area contributed by atoms with E-state index in [4.69, 9.17) is 0 Å². The number of rotatable bonds is 5. The van der Waals surface area contributed by atoms with Crippen LogP contribution >= 0.6 is 0 Å². The highest BCUT2D eigenvalue weighted by molar-refractivity contribution is 5.93. The molecule has 1 fully saturated rings. The molecule has 1 aromatic heterocycles. The summed E-state index contributed by atoms with van der Waals surface area (Å²) in [5, 5.41) is 5.86. The van der Waals surface area contributed by atoms with Gasteiger partial charge in [0.25, 0.3) is 5.91 Å². The molecule has 0 unspecified atom stereocenters.